The third-order valence-electron chi connectivity index (χ3n) is 4.71. The minimum absolute atomic E-state index is 0.0265. The molecule has 0 bridgehead atoms. The molecule has 32 heavy (non-hydrogen) atoms. The number of alkyl halides is 2. The van der Waals surface area contributed by atoms with Crippen LogP contribution in [0.1, 0.15) is 24.5 Å². The summed E-state index contributed by atoms with van der Waals surface area (Å²) in [6.07, 6.45) is -0.328. The summed E-state index contributed by atoms with van der Waals surface area (Å²) >= 11 is 0. The summed E-state index contributed by atoms with van der Waals surface area (Å²) in [5, 5.41) is 0. The quantitative estimate of drug-likeness (QED) is 0.263. The highest BCUT2D eigenvalue weighted by Crippen LogP contribution is 2.36. The van der Waals surface area contributed by atoms with E-state index in [-0.39, 0.29) is 23.1 Å². The number of hydrogen-bond acceptors (Lipinski definition) is 1. The van der Waals surface area contributed by atoms with Crippen LogP contribution in [0.3, 0.4) is 0 Å². The number of hydrogen-bond donors (Lipinski definition) is 0. The van der Waals surface area contributed by atoms with E-state index in [1.165, 1.54) is 0 Å². The van der Waals surface area contributed by atoms with Gasteiger partial charge in [-0.05, 0) is 61.2 Å². The average Bonchev–Trinajstić information content (AvgIpc) is 2.73. The Labute approximate surface area is 179 Å². The van der Waals surface area contributed by atoms with Crippen molar-refractivity contribution in [2.24, 2.45) is 0 Å². The molecule has 0 N–H and O–H groups in total. The van der Waals surface area contributed by atoms with Gasteiger partial charge in [0.15, 0.2) is 23.3 Å². The molecule has 0 aliphatic rings. The molecule has 0 atom stereocenters. The normalized spacial score (nSPS) is 11.9. The summed E-state index contributed by atoms with van der Waals surface area (Å²) in [6, 6.07) is 6.98. The van der Waals surface area contributed by atoms with E-state index < -0.39 is 46.5 Å². The number of benzene rings is 3. The fourth-order valence-corrected chi connectivity index (χ4v) is 3.07. The lowest BCUT2D eigenvalue weighted by Crippen LogP contribution is -2.24. The second kappa shape index (κ2) is 9.46. The number of ether oxygens (including phenoxy) is 1. The second-order valence-corrected chi connectivity index (χ2v) is 6.90. The lowest BCUT2D eigenvalue weighted by molar-refractivity contribution is -0.187. The maximum absolute atomic E-state index is 14.5. The summed E-state index contributed by atoms with van der Waals surface area (Å²) in [6.45, 7) is 1.76. The SMILES string of the molecule is C/C=C/CCc1ccc(C(F)(F)Oc2ccc(-c3ccc(F)c(F)c3)c(F)c2)c(F)c1F. The van der Waals surface area contributed by atoms with Gasteiger partial charge >= 0.3 is 6.11 Å². The van der Waals surface area contributed by atoms with Gasteiger partial charge in [-0.15, -0.1) is 0 Å². The molecule has 3 rings (SSSR count). The van der Waals surface area contributed by atoms with Crippen molar-refractivity contribution in [3.05, 3.63) is 101 Å². The molecule has 0 fully saturated rings. The van der Waals surface area contributed by atoms with Crippen LogP contribution in [0.25, 0.3) is 11.1 Å². The first-order valence-corrected chi connectivity index (χ1v) is 9.54. The molecule has 168 valence electrons. The maximum atomic E-state index is 14.5. The molecule has 0 heterocycles. The Bertz CT molecular complexity index is 1160. The Morgan fingerprint density at radius 2 is 1.56 bits per heavy atom. The van der Waals surface area contributed by atoms with E-state index >= 15 is 0 Å². The number of rotatable bonds is 7. The Balaban J connectivity index is 1.85. The predicted molar refractivity (Wildman–Crippen MR) is 106 cm³/mol. The van der Waals surface area contributed by atoms with Gasteiger partial charge in [-0.2, -0.15) is 8.78 Å². The summed E-state index contributed by atoms with van der Waals surface area (Å²) < 4.78 is 103. The molecule has 0 aliphatic carbocycles. The highest BCUT2D eigenvalue weighted by molar-refractivity contribution is 5.65. The lowest BCUT2D eigenvalue weighted by atomic mass is 10.0. The van der Waals surface area contributed by atoms with Gasteiger partial charge in [0.2, 0.25) is 0 Å². The van der Waals surface area contributed by atoms with Crippen LogP contribution in [0.15, 0.2) is 60.7 Å². The van der Waals surface area contributed by atoms with Crippen LogP contribution in [0, 0.1) is 29.1 Å². The van der Waals surface area contributed by atoms with Crippen molar-refractivity contribution < 1.29 is 35.5 Å². The molecular weight excluding hydrogens is 437 g/mol. The summed E-state index contributed by atoms with van der Waals surface area (Å²) in [5.41, 5.74) is -1.62. The monoisotopic (exact) mass is 454 g/mol. The summed E-state index contributed by atoms with van der Waals surface area (Å²) in [7, 11) is 0. The predicted octanol–water partition coefficient (Wildman–Crippen LogP) is 7.69. The van der Waals surface area contributed by atoms with E-state index in [1.54, 1.807) is 19.1 Å². The molecule has 3 aromatic rings. The minimum atomic E-state index is -4.30. The Morgan fingerprint density at radius 3 is 2.22 bits per heavy atom. The molecular formula is C24H17F7O. The molecule has 0 saturated heterocycles. The number of aryl methyl sites for hydroxylation is 1. The molecule has 0 aliphatic heterocycles. The first kappa shape index (κ1) is 23.4. The third-order valence-corrected chi connectivity index (χ3v) is 4.71. The zero-order chi connectivity index (χ0) is 23.5. The fraction of sp³-hybridized carbons (Fsp3) is 0.167. The molecule has 3 aromatic carbocycles. The number of halogens is 7. The molecule has 0 radical (unpaired) electrons. The molecule has 0 amide bonds. The van der Waals surface area contributed by atoms with Gasteiger partial charge in [-0.1, -0.05) is 24.3 Å². The summed E-state index contributed by atoms with van der Waals surface area (Å²) in [4.78, 5) is 0. The van der Waals surface area contributed by atoms with Gasteiger partial charge in [0.1, 0.15) is 17.1 Å². The van der Waals surface area contributed by atoms with Crippen molar-refractivity contribution in [3.63, 3.8) is 0 Å². The first-order chi connectivity index (χ1) is 15.1. The molecule has 0 saturated carbocycles. The van der Waals surface area contributed by atoms with Crippen LogP contribution in [-0.4, -0.2) is 0 Å². The van der Waals surface area contributed by atoms with E-state index in [9.17, 15) is 30.7 Å². The van der Waals surface area contributed by atoms with Crippen LogP contribution in [0.4, 0.5) is 30.7 Å². The minimum Gasteiger partial charge on any atom is -0.429 e. The van der Waals surface area contributed by atoms with Crippen molar-refractivity contribution in [2.75, 3.05) is 0 Å². The Morgan fingerprint density at radius 1 is 0.812 bits per heavy atom. The zero-order valence-electron chi connectivity index (χ0n) is 16.7. The van der Waals surface area contributed by atoms with Gasteiger partial charge in [0.05, 0.1) is 0 Å². The smallest absolute Gasteiger partial charge is 0.429 e. The third kappa shape index (κ3) is 4.95. The van der Waals surface area contributed by atoms with E-state index in [2.05, 4.69) is 4.74 Å². The van der Waals surface area contributed by atoms with Crippen LogP contribution < -0.4 is 4.74 Å². The number of allylic oxidation sites excluding steroid dienone is 2. The van der Waals surface area contributed by atoms with Gasteiger partial charge < -0.3 is 4.74 Å². The van der Waals surface area contributed by atoms with Gasteiger partial charge in [-0.25, -0.2) is 22.0 Å². The lowest BCUT2D eigenvalue weighted by Gasteiger charge is -2.20. The maximum Gasteiger partial charge on any atom is 0.429 e. The van der Waals surface area contributed by atoms with Crippen LogP contribution in [0.5, 0.6) is 5.75 Å². The van der Waals surface area contributed by atoms with E-state index in [0.717, 1.165) is 42.5 Å². The Hall–Kier alpha value is -3.29. The molecule has 0 aromatic heterocycles. The van der Waals surface area contributed by atoms with Crippen molar-refractivity contribution in [1.29, 1.82) is 0 Å². The van der Waals surface area contributed by atoms with Crippen LogP contribution in [-0.2, 0) is 12.5 Å². The van der Waals surface area contributed by atoms with Gasteiger partial charge in [0, 0.05) is 11.6 Å². The van der Waals surface area contributed by atoms with Crippen molar-refractivity contribution in [1.82, 2.24) is 0 Å². The van der Waals surface area contributed by atoms with Crippen molar-refractivity contribution in [3.8, 4) is 16.9 Å². The van der Waals surface area contributed by atoms with E-state index in [1.807, 2.05) is 0 Å². The zero-order valence-corrected chi connectivity index (χ0v) is 16.7. The Kier molecular flexibility index (Phi) is 6.91. The van der Waals surface area contributed by atoms with E-state index in [0.29, 0.717) is 12.5 Å². The van der Waals surface area contributed by atoms with Gasteiger partial charge in [0.25, 0.3) is 0 Å². The molecule has 1 nitrogen and oxygen atoms in total. The van der Waals surface area contributed by atoms with Crippen molar-refractivity contribution in [2.45, 2.75) is 25.9 Å². The second-order valence-electron chi connectivity index (χ2n) is 6.90. The van der Waals surface area contributed by atoms with E-state index in [4.69, 9.17) is 0 Å². The van der Waals surface area contributed by atoms with Crippen LogP contribution in [0.2, 0.25) is 0 Å². The molecule has 0 spiro atoms. The largest absolute Gasteiger partial charge is 0.429 e. The standard InChI is InChI=1S/C24H17F7O/c1-2-3-4-5-14-6-10-18(23(29)22(14)28)24(30,31)32-16-8-9-17(20(26)13-16)15-7-11-19(25)21(27)12-15/h2-3,6-13H,4-5H2,1H3/b3-2+. The average molecular weight is 454 g/mol. The van der Waals surface area contributed by atoms with Gasteiger partial charge in [-0.3, -0.25) is 0 Å². The fourth-order valence-electron chi connectivity index (χ4n) is 3.07. The summed E-state index contributed by atoms with van der Waals surface area (Å²) in [5.74, 6) is -7.23. The highest BCUT2D eigenvalue weighted by Gasteiger charge is 2.39. The van der Waals surface area contributed by atoms with Crippen LogP contribution >= 0.6 is 0 Å². The highest BCUT2D eigenvalue weighted by atomic mass is 19.3. The molecule has 0 unspecified atom stereocenters. The topological polar surface area (TPSA) is 9.23 Å². The molecule has 8 heteroatoms. The first-order valence-electron chi connectivity index (χ1n) is 9.54. The van der Waals surface area contributed by atoms with Crippen molar-refractivity contribution >= 4 is 0 Å².